The molecule has 0 unspecified atom stereocenters. The number of hydrogen-bond acceptors (Lipinski definition) is 3. The number of nitrogens with zero attached hydrogens (tertiary/aromatic N) is 3. The Kier molecular flexibility index (Phi) is 5.58. The molecule has 0 saturated heterocycles. The molecule has 2 aromatic rings. The molecular formula is C14H18BrClN4O. The van der Waals surface area contributed by atoms with Gasteiger partial charge in [0, 0.05) is 30.2 Å². The Bertz CT molecular complexity index is 641. The SMILES string of the molecule is CC(C)CNC(=O)CCn1c(CCl)nc2cc(Br)cnc21. The van der Waals surface area contributed by atoms with Crippen molar-refractivity contribution in [2.75, 3.05) is 6.54 Å². The Morgan fingerprint density at radius 1 is 1.52 bits per heavy atom. The number of pyridine rings is 1. The summed E-state index contributed by atoms with van der Waals surface area (Å²) in [6.07, 6.45) is 2.11. The van der Waals surface area contributed by atoms with E-state index in [9.17, 15) is 4.79 Å². The first kappa shape index (κ1) is 16.2. The van der Waals surface area contributed by atoms with Crippen LogP contribution in [0, 0.1) is 5.92 Å². The highest BCUT2D eigenvalue weighted by Gasteiger charge is 2.13. The normalized spacial score (nSPS) is 11.3. The molecular weight excluding hydrogens is 356 g/mol. The van der Waals surface area contributed by atoms with E-state index < -0.39 is 0 Å². The van der Waals surface area contributed by atoms with Gasteiger partial charge in [-0.1, -0.05) is 13.8 Å². The van der Waals surface area contributed by atoms with Crippen LogP contribution in [-0.4, -0.2) is 27.0 Å². The van der Waals surface area contributed by atoms with Crippen molar-refractivity contribution in [3.63, 3.8) is 0 Å². The van der Waals surface area contributed by atoms with Crippen LogP contribution in [0.2, 0.25) is 0 Å². The molecule has 0 radical (unpaired) electrons. The molecule has 0 spiro atoms. The van der Waals surface area contributed by atoms with Crippen LogP contribution in [0.15, 0.2) is 16.7 Å². The number of carbonyl (C=O) groups is 1. The Hall–Kier alpha value is -1.14. The Morgan fingerprint density at radius 3 is 2.95 bits per heavy atom. The molecule has 0 aliphatic rings. The summed E-state index contributed by atoms with van der Waals surface area (Å²) in [6, 6.07) is 1.90. The highest BCUT2D eigenvalue weighted by atomic mass is 79.9. The van der Waals surface area contributed by atoms with Gasteiger partial charge < -0.3 is 9.88 Å². The molecule has 1 amide bonds. The zero-order chi connectivity index (χ0) is 15.4. The molecule has 21 heavy (non-hydrogen) atoms. The maximum absolute atomic E-state index is 11.8. The second-order valence-electron chi connectivity index (χ2n) is 5.26. The van der Waals surface area contributed by atoms with Crippen LogP contribution >= 0.6 is 27.5 Å². The number of fused-ring (bicyclic) bond motifs is 1. The first-order valence-corrected chi connectivity index (χ1v) is 8.17. The lowest BCUT2D eigenvalue weighted by atomic mass is 10.2. The summed E-state index contributed by atoms with van der Waals surface area (Å²) in [7, 11) is 0. The molecule has 0 aromatic carbocycles. The highest BCUT2D eigenvalue weighted by molar-refractivity contribution is 9.10. The van der Waals surface area contributed by atoms with Crippen LogP contribution in [0.3, 0.4) is 0 Å². The van der Waals surface area contributed by atoms with Gasteiger partial charge in [-0.05, 0) is 27.9 Å². The van der Waals surface area contributed by atoms with Crippen molar-refractivity contribution < 1.29 is 4.79 Å². The Morgan fingerprint density at radius 2 is 2.29 bits per heavy atom. The zero-order valence-electron chi connectivity index (χ0n) is 12.1. The molecule has 0 atom stereocenters. The molecule has 0 bridgehead atoms. The first-order valence-electron chi connectivity index (χ1n) is 6.84. The predicted octanol–water partition coefficient (Wildman–Crippen LogP) is 3.09. The summed E-state index contributed by atoms with van der Waals surface area (Å²) in [5, 5.41) is 2.91. The zero-order valence-corrected chi connectivity index (χ0v) is 14.4. The monoisotopic (exact) mass is 372 g/mol. The summed E-state index contributed by atoms with van der Waals surface area (Å²) < 4.78 is 2.78. The molecule has 7 heteroatoms. The van der Waals surface area contributed by atoms with Gasteiger partial charge in [-0.2, -0.15) is 0 Å². The van der Waals surface area contributed by atoms with E-state index in [0.29, 0.717) is 31.3 Å². The topological polar surface area (TPSA) is 59.8 Å². The van der Waals surface area contributed by atoms with Crippen molar-refractivity contribution >= 4 is 44.6 Å². The van der Waals surface area contributed by atoms with Gasteiger partial charge in [0.2, 0.25) is 5.91 Å². The summed E-state index contributed by atoms with van der Waals surface area (Å²) >= 11 is 9.31. The van der Waals surface area contributed by atoms with E-state index in [4.69, 9.17) is 11.6 Å². The molecule has 114 valence electrons. The minimum Gasteiger partial charge on any atom is -0.356 e. The minimum atomic E-state index is 0.0307. The quantitative estimate of drug-likeness (QED) is 0.792. The lowest BCUT2D eigenvalue weighted by molar-refractivity contribution is -0.121. The van der Waals surface area contributed by atoms with Crippen LogP contribution in [0.4, 0.5) is 0 Å². The van der Waals surface area contributed by atoms with E-state index in [1.54, 1.807) is 6.20 Å². The van der Waals surface area contributed by atoms with Crippen LogP contribution < -0.4 is 5.32 Å². The van der Waals surface area contributed by atoms with Gasteiger partial charge in [0.25, 0.3) is 0 Å². The number of hydrogen-bond donors (Lipinski definition) is 1. The maximum atomic E-state index is 11.8. The number of imidazole rings is 1. The van der Waals surface area contributed by atoms with Crippen LogP contribution in [0.1, 0.15) is 26.1 Å². The number of alkyl halides is 1. The summed E-state index contributed by atoms with van der Waals surface area (Å²) in [5.41, 5.74) is 1.54. The average Bonchev–Trinajstić information content (AvgIpc) is 2.79. The minimum absolute atomic E-state index is 0.0307. The standard InChI is InChI=1S/C14H18BrClN4O/c1-9(2)7-17-13(21)3-4-20-12(6-16)19-11-5-10(15)8-18-14(11)20/h5,8-9H,3-4,6-7H2,1-2H3,(H,17,21). The average molecular weight is 374 g/mol. The predicted molar refractivity (Wildman–Crippen MR) is 87.2 cm³/mol. The number of rotatable bonds is 6. The molecule has 0 aliphatic carbocycles. The largest absolute Gasteiger partial charge is 0.356 e. The fraction of sp³-hybridized carbons (Fsp3) is 0.500. The second kappa shape index (κ2) is 7.22. The van der Waals surface area contributed by atoms with E-state index in [0.717, 1.165) is 21.5 Å². The number of amides is 1. The summed E-state index contributed by atoms with van der Waals surface area (Å²) in [6.45, 7) is 5.35. The molecule has 0 fully saturated rings. The van der Waals surface area contributed by atoms with Crippen molar-refractivity contribution in [3.8, 4) is 0 Å². The highest BCUT2D eigenvalue weighted by Crippen LogP contribution is 2.19. The lowest BCUT2D eigenvalue weighted by Gasteiger charge is -2.09. The van der Waals surface area contributed by atoms with Crippen molar-refractivity contribution in [2.45, 2.75) is 32.7 Å². The van der Waals surface area contributed by atoms with Crippen molar-refractivity contribution in [2.24, 2.45) is 5.92 Å². The Balaban J connectivity index is 2.12. The van der Waals surface area contributed by atoms with Gasteiger partial charge in [0.1, 0.15) is 11.3 Å². The number of aryl methyl sites for hydroxylation is 1. The first-order chi connectivity index (χ1) is 10.0. The molecule has 5 nitrogen and oxygen atoms in total. The fourth-order valence-electron chi connectivity index (χ4n) is 1.99. The number of carbonyl (C=O) groups excluding carboxylic acids is 1. The molecule has 2 aromatic heterocycles. The van der Waals surface area contributed by atoms with Gasteiger partial charge in [0.05, 0.1) is 5.88 Å². The van der Waals surface area contributed by atoms with Gasteiger partial charge in [-0.25, -0.2) is 9.97 Å². The number of halogens is 2. The van der Waals surface area contributed by atoms with E-state index in [-0.39, 0.29) is 5.91 Å². The third-order valence-electron chi connectivity index (χ3n) is 3.02. The molecule has 2 rings (SSSR count). The van der Waals surface area contributed by atoms with E-state index in [2.05, 4.69) is 45.1 Å². The van der Waals surface area contributed by atoms with Crippen LogP contribution in [0.25, 0.3) is 11.2 Å². The van der Waals surface area contributed by atoms with E-state index in [1.165, 1.54) is 0 Å². The van der Waals surface area contributed by atoms with Gasteiger partial charge in [-0.3, -0.25) is 4.79 Å². The third-order valence-corrected chi connectivity index (χ3v) is 3.69. The molecule has 0 saturated carbocycles. The molecule has 2 heterocycles. The van der Waals surface area contributed by atoms with Crippen molar-refractivity contribution in [1.82, 2.24) is 19.9 Å². The van der Waals surface area contributed by atoms with Gasteiger partial charge in [0.15, 0.2) is 5.65 Å². The van der Waals surface area contributed by atoms with Gasteiger partial charge in [-0.15, -0.1) is 11.6 Å². The summed E-state index contributed by atoms with van der Waals surface area (Å²) in [5.74, 6) is 1.50. The van der Waals surface area contributed by atoms with E-state index in [1.807, 2.05) is 10.6 Å². The number of nitrogens with one attached hydrogen (secondary N) is 1. The fourth-order valence-corrected chi connectivity index (χ4v) is 2.51. The second-order valence-corrected chi connectivity index (χ2v) is 6.44. The van der Waals surface area contributed by atoms with Crippen LogP contribution in [0.5, 0.6) is 0 Å². The smallest absolute Gasteiger partial charge is 0.221 e. The van der Waals surface area contributed by atoms with Gasteiger partial charge >= 0.3 is 0 Å². The maximum Gasteiger partial charge on any atom is 0.221 e. The lowest BCUT2D eigenvalue weighted by Crippen LogP contribution is -2.28. The van der Waals surface area contributed by atoms with E-state index >= 15 is 0 Å². The third kappa shape index (κ3) is 4.17. The van der Waals surface area contributed by atoms with Crippen LogP contribution in [-0.2, 0) is 17.2 Å². The summed E-state index contributed by atoms with van der Waals surface area (Å²) in [4.78, 5) is 20.6. The van der Waals surface area contributed by atoms with Crippen molar-refractivity contribution in [3.05, 3.63) is 22.6 Å². The molecule has 0 aliphatic heterocycles. The Labute approximate surface area is 137 Å². The number of aromatic nitrogens is 3. The van der Waals surface area contributed by atoms with Crippen molar-refractivity contribution in [1.29, 1.82) is 0 Å². The molecule has 1 N–H and O–H groups in total.